The van der Waals surface area contributed by atoms with E-state index in [2.05, 4.69) is 0 Å². The third kappa shape index (κ3) is 8.34. The van der Waals surface area contributed by atoms with E-state index in [0.717, 1.165) is 0 Å². The summed E-state index contributed by atoms with van der Waals surface area (Å²) in [5.41, 5.74) is 0.965. The molecule has 0 atom stereocenters. The molecule has 0 aliphatic rings. The largest absolute Gasteiger partial charge is 0.482 e. The molecule has 0 aromatic heterocycles. The quantitative estimate of drug-likeness (QED) is 0.326. The molecule has 0 heterocycles. The van der Waals surface area contributed by atoms with E-state index in [1.54, 1.807) is 62.4 Å². The SMILES string of the molecule is CC.CCOC(=O)COc1ccc(C(=O)c2ccc(OCOC(=O)CC)cc2)cc1. The van der Waals surface area contributed by atoms with Gasteiger partial charge in [-0.15, -0.1) is 0 Å². The summed E-state index contributed by atoms with van der Waals surface area (Å²) >= 11 is 0. The van der Waals surface area contributed by atoms with Crippen molar-refractivity contribution < 1.29 is 33.3 Å². The van der Waals surface area contributed by atoms with E-state index in [-0.39, 0.29) is 31.6 Å². The van der Waals surface area contributed by atoms with Crippen LogP contribution in [0.25, 0.3) is 0 Å². The molecule has 2 rings (SSSR count). The topological polar surface area (TPSA) is 88.1 Å². The van der Waals surface area contributed by atoms with Gasteiger partial charge in [-0.3, -0.25) is 9.59 Å². The standard InChI is InChI=1S/C21H22O7.C2H6/c1-3-19(22)28-14-27-18-11-7-16(8-12-18)21(24)15-5-9-17(10-6-15)26-13-20(23)25-4-2;1-2/h5-12H,3-4,13-14H2,1-2H3;1-2H3. The van der Waals surface area contributed by atoms with E-state index in [9.17, 15) is 14.4 Å². The third-order valence-electron chi connectivity index (χ3n) is 3.63. The van der Waals surface area contributed by atoms with Gasteiger partial charge < -0.3 is 18.9 Å². The smallest absolute Gasteiger partial charge is 0.344 e. The molecule has 162 valence electrons. The van der Waals surface area contributed by atoms with Crippen molar-refractivity contribution in [2.45, 2.75) is 34.1 Å². The van der Waals surface area contributed by atoms with E-state index in [0.29, 0.717) is 29.2 Å². The number of benzene rings is 2. The van der Waals surface area contributed by atoms with E-state index < -0.39 is 5.97 Å². The second-order valence-electron chi connectivity index (χ2n) is 5.60. The number of esters is 2. The zero-order valence-electron chi connectivity index (χ0n) is 17.8. The second kappa shape index (κ2) is 13.8. The lowest BCUT2D eigenvalue weighted by Gasteiger charge is -2.08. The monoisotopic (exact) mass is 416 g/mol. The van der Waals surface area contributed by atoms with Crippen LogP contribution in [-0.4, -0.2) is 37.7 Å². The zero-order chi connectivity index (χ0) is 22.4. The van der Waals surface area contributed by atoms with E-state index in [4.69, 9.17) is 18.9 Å². The Hall–Kier alpha value is -3.35. The molecule has 0 fully saturated rings. The van der Waals surface area contributed by atoms with E-state index in [1.807, 2.05) is 13.8 Å². The number of hydrogen-bond donors (Lipinski definition) is 0. The molecular formula is C23H28O7. The van der Waals surface area contributed by atoms with Crippen molar-refractivity contribution >= 4 is 17.7 Å². The van der Waals surface area contributed by atoms with Gasteiger partial charge >= 0.3 is 11.9 Å². The summed E-state index contributed by atoms with van der Waals surface area (Å²) in [5.74, 6) is -0.00468. The summed E-state index contributed by atoms with van der Waals surface area (Å²) in [6.07, 6.45) is 0.281. The number of ketones is 1. The lowest BCUT2D eigenvalue weighted by molar-refractivity contribution is -0.149. The van der Waals surface area contributed by atoms with Crippen molar-refractivity contribution in [3.8, 4) is 11.5 Å². The number of rotatable bonds is 10. The van der Waals surface area contributed by atoms with Crippen LogP contribution in [0.5, 0.6) is 11.5 Å². The molecule has 0 spiro atoms. The lowest BCUT2D eigenvalue weighted by Crippen LogP contribution is -2.14. The summed E-state index contributed by atoms with van der Waals surface area (Å²) in [4.78, 5) is 34.9. The average molecular weight is 416 g/mol. The predicted octanol–water partition coefficient (Wildman–Crippen LogP) is 4.18. The molecule has 30 heavy (non-hydrogen) atoms. The molecule has 2 aromatic rings. The van der Waals surface area contributed by atoms with Crippen LogP contribution in [-0.2, 0) is 19.1 Å². The molecule has 7 nitrogen and oxygen atoms in total. The van der Waals surface area contributed by atoms with Crippen molar-refractivity contribution in [2.75, 3.05) is 20.0 Å². The molecule has 7 heteroatoms. The molecule has 0 amide bonds. The van der Waals surface area contributed by atoms with E-state index >= 15 is 0 Å². The van der Waals surface area contributed by atoms with Crippen molar-refractivity contribution in [3.63, 3.8) is 0 Å². The molecule has 0 radical (unpaired) electrons. The average Bonchev–Trinajstić information content (AvgIpc) is 2.79. The Morgan fingerprint density at radius 2 is 1.20 bits per heavy atom. The summed E-state index contributed by atoms with van der Waals surface area (Å²) in [6.45, 7) is 7.35. The minimum absolute atomic E-state index is 0.166. The molecule has 0 bridgehead atoms. The van der Waals surface area contributed by atoms with Crippen LogP contribution in [0, 0.1) is 0 Å². The molecule has 0 unspecified atom stereocenters. The number of carbonyl (C=O) groups excluding carboxylic acids is 3. The van der Waals surface area contributed by atoms with Crippen LogP contribution in [0.1, 0.15) is 50.0 Å². The predicted molar refractivity (Wildman–Crippen MR) is 112 cm³/mol. The molecule has 0 N–H and O–H groups in total. The van der Waals surface area contributed by atoms with Gasteiger partial charge in [0.15, 0.2) is 12.4 Å². The Balaban J connectivity index is 0.00000218. The van der Waals surface area contributed by atoms with Crippen LogP contribution in [0.3, 0.4) is 0 Å². The summed E-state index contributed by atoms with van der Waals surface area (Å²) < 4.78 is 20.2. The van der Waals surface area contributed by atoms with Crippen molar-refractivity contribution in [1.82, 2.24) is 0 Å². The first kappa shape index (κ1) is 24.7. The molecule has 0 saturated carbocycles. The Morgan fingerprint density at radius 1 is 0.700 bits per heavy atom. The first-order valence-electron chi connectivity index (χ1n) is 9.85. The molecule has 0 saturated heterocycles. The number of hydrogen-bond acceptors (Lipinski definition) is 7. The minimum atomic E-state index is -0.450. The maximum atomic E-state index is 12.5. The zero-order valence-corrected chi connectivity index (χ0v) is 17.8. The normalized spacial score (nSPS) is 9.60. The van der Waals surface area contributed by atoms with Gasteiger partial charge in [-0.25, -0.2) is 4.79 Å². The van der Waals surface area contributed by atoms with Crippen LogP contribution >= 0.6 is 0 Å². The highest BCUT2D eigenvalue weighted by Gasteiger charge is 2.10. The summed E-state index contributed by atoms with van der Waals surface area (Å²) in [6, 6.07) is 13.0. The van der Waals surface area contributed by atoms with Gasteiger partial charge in [-0.2, -0.15) is 0 Å². The fourth-order valence-corrected chi connectivity index (χ4v) is 2.18. The summed E-state index contributed by atoms with van der Waals surface area (Å²) in [7, 11) is 0. The van der Waals surface area contributed by atoms with Gasteiger partial charge in [0, 0.05) is 17.5 Å². The number of carbonyl (C=O) groups is 3. The van der Waals surface area contributed by atoms with Gasteiger partial charge in [0.2, 0.25) is 6.79 Å². The van der Waals surface area contributed by atoms with Gasteiger partial charge in [-0.05, 0) is 55.5 Å². The van der Waals surface area contributed by atoms with Crippen LogP contribution in [0.15, 0.2) is 48.5 Å². The Bertz CT molecular complexity index is 795. The van der Waals surface area contributed by atoms with Crippen LogP contribution in [0.2, 0.25) is 0 Å². The maximum Gasteiger partial charge on any atom is 0.344 e. The Morgan fingerprint density at radius 3 is 1.67 bits per heavy atom. The van der Waals surface area contributed by atoms with Gasteiger partial charge in [0.05, 0.1) is 6.61 Å². The molecule has 0 aliphatic carbocycles. The second-order valence-corrected chi connectivity index (χ2v) is 5.60. The van der Waals surface area contributed by atoms with Gasteiger partial charge in [0.1, 0.15) is 11.5 Å². The molecule has 2 aromatic carbocycles. The van der Waals surface area contributed by atoms with Crippen LogP contribution < -0.4 is 9.47 Å². The van der Waals surface area contributed by atoms with Gasteiger partial charge in [-0.1, -0.05) is 20.8 Å². The maximum absolute atomic E-state index is 12.5. The van der Waals surface area contributed by atoms with Crippen molar-refractivity contribution in [1.29, 1.82) is 0 Å². The first-order chi connectivity index (χ1) is 14.5. The van der Waals surface area contributed by atoms with E-state index in [1.165, 1.54) is 0 Å². The fraction of sp³-hybridized carbons (Fsp3) is 0.348. The highest BCUT2D eigenvalue weighted by Crippen LogP contribution is 2.18. The van der Waals surface area contributed by atoms with Gasteiger partial charge in [0.25, 0.3) is 0 Å². The number of ether oxygens (including phenoxy) is 4. The highest BCUT2D eigenvalue weighted by molar-refractivity contribution is 6.09. The molecular weight excluding hydrogens is 388 g/mol. The Kier molecular flexibility index (Phi) is 11.3. The third-order valence-corrected chi connectivity index (χ3v) is 3.63. The van der Waals surface area contributed by atoms with Crippen molar-refractivity contribution in [2.24, 2.45) is 0 Å². The fourth-order valence-electron chi connectivity index (χ4n) is 2.18. The summed E-state index contributed by atoms with van der Waals surface area (Å²) in [5, 5.41) is 0. The van der Waals surface area contributed by atoms with Crippen LogP contribution in [0.4, 0.5) is 0 Å². The van der Waals surface area contributed by atoms with Crippen molar-refractivity contribution in [3.05, 3.63) is 59.7 Å². The Labute approximate surface area is 176 Å². The molecule has 0 aliphatic heterocycles. The highest BCUT2D eigenvalue weighted by atomic mass is 16.7. The minimum Gasteiger partial charge on any atom is -0.482 e. The lowest BCUT2D eigenvalue weighted by atomic mass is 10.0. The first-order valence-corrected chi connectivity index (χ1v) is 9.85.